The van der Waals surface area contributed by atoms with E-state index in [4.69, 9.17) is 11.6 Å². The summed E-state index contributed by atoms with van der Waals surface area (Å²) in [5.74, 6) is 1.57. The Morgan fingerprint density at radius 3 is 2.70 bits per heavy atom. The molecule has 0 radical (unpaired) electrons. The summed E-state index contributed by atoms with van der Waals surface area (Å²) in [6, 6.07) is 0. The normalized spacial score (nSPS) is 17.3. The molecular weight excluding hydrogens is 276 g/mol. The van der Waals surface area contributed by atoms with Crippen molar-refractivity contribution in [2.45, 2.75) is 13.8 Å². The summed E-state index contributed by atoms with van der Waals surface area (Å²) in [4.78, 5) is 20.5. The smallest absolute Gasteiger partial charge is 0.226 e. The summed E-state index contributed by atoms with van der Waals surface area (Å²) in [5.41, 5.74) is 1.50. The molecular formula is C13H19ClN6. The third-order valence-electron chi connectivity index (χ3n) is 3.53. The molecule has 3 heterocycles. The molecule has 1 N–H and O–H groups in total. The molecule has 1 aliphatic heterocycles. The average molecular weight is 295 g/mol. The van der Waals surface area contributed by atoms with Crippen LogP contribution in [-0.4, -0.2) is 57.6 Å². The molecule has 1 saturated heterocycles. The molecule has 6 nitrogen and oxygen atoms in total. The Kier molecular flexibility index (Phi) is 3.76. The molecule has 0 amide bonds. The lowest BCUT2D eigenvalue weighted by atomic mass is 10.2. The van der Waals surface area contributed by atoms with Gasteiger partial charge in [-0.3, -0.25) is 4.90 Å². The van der Waals surface area contributed by atoms with Gasteiger partial charge in [-0.05, 0) is 17.5 Å². The molecule has 0 spiro atoms. The van der Waals surface area contributed by atoms with E-state index in [1.807, 2.05) is 0 Å². The second-order valence-electron chi connectivity index (χ2n) is 5.60. The fraction of sp³-hybridized carbons (Fsp3) is 0.615. The van der Waals surface area contributed by atoms with Gasteiger partial charge >= 0.3 is 0 Å². The van der Waals surface area contributed by atoms with Crippen LogP contribution in [0.2, 0.25) is 5.28 Å². The van der Waals surface area contributed by atoms with Crippen molar-refractivity contribution in [3.05, 3.63) is 11.6 Å². The lowest BCUT2D eigenvalue weighted by molar-refractivity contribution is 0.231. The minimum absolute atomic E-state index is 0.254. The van der Waals surface area contributed by atoms with E-state index in [-0.39, 0.29) is 5.28 Å². The van der Waals surface area contributed by atoms with E-state index in [2.05, 4.69) is 43.6 Å². The number of fused-ring (bicyclic) bond motifs is 1. The van der Waals surface area contributed by atoms with Crippen molar-refractivity contribution in [3.63, 3.8) is 0 Å². The van der Waals surface area contributed by atoms with Gasteiger partial charge in [0.05, 0.1) is 6.33 Å². The van der Waals surface area contributed by atoms with Crippen molar-refractivity contribution in [1.29, 1.82) is 0 Å². The first-order valence-electron chi connectivity index (χ1n) is 6.97. The summed E-state index contributed by atoms with van der Waals surface area (Å²) in [5, 5.41) is 0.254. The number of anilines is 1. The molecule has 2 aromatic heterocycles. The molecule has 0 aromatic carbocycles. The van der Waals surface area contributed by atoms with Gasteiger partial charge < -0.3 is 9.88 Å². The molecule has 7 heteroatoms. The Labute approximate surface area is 123 Å². The highest BCUT2D eigenvalue weighted by Gasteiger charge is 2.21. The topological polar surface area (TPSA) is 60.9 Å². The minimum Gasteiger partial charge on any atom is -0.352 e. The second-order valence-corrected chi connectivity index (χ2v) is 5.94. The summed E-state index contributed by atoms with van der Waals surface area (Å²) in [6.45, 7) is 9.67. The highest BCUT2D eigenvalue weighted by Crippen LogP contribution is 2.23. The number of aromatic amines is 1. The van der Waals surface area contributed by atoms with Gasteiger partial charge in [0.2, 0.25) is 5.28 Å². The van der Waals surface area contributed by atoms with Gasteiger partial charge in [0, 0.05) is 32.7 Å². The Morgan fingerprint density at radius 1 is 1.25 bits per heavy atom. The van der Waals surface area contributed by atoms with E-state index >= 15 is 0 Å². The number of nitrogens with zero attached hydrogens (tertiary/aromatic N) is 5. The largest absolute Gasteiger partial charge is 0.352 e. The molecule has 0 aliphatic carbocycles. The number of imidazole rings is 1. The summed E-state index contributed by atoms with van der Waals surface area (Å²) in [6.07, 6.45) is 1.63. The predicted molar refractivity (Wildman–Crippen MR) is 80.2 cm³/mol. The van der Waals surface area contributed by atoms with Gasteiger partial charge in [0.1, 0.15) is 5.52 Å². The first-order chi connectivity index (χ1) is 9.63. The maximum Gasteiger partial charge on any atom is 0.226 e. The standard InChI is InChI=1S/C13H19ClN6/c1-9(2)7-19-3-5-20(6-4-19)12-10-11(16-8-15-10)17-13(14)18-12/h8-9H,3-7H2,1-2H3,(H,15,16,17,18). The number of halogens is 1. The first-order valence-corrected chi connectivity index (χ1v) is 7.35. The average Bonchev–Trinajstić information content (AvgIpc) is 2.86. The monoisotopic (exact) mass is 294 g/mol. The Balaban J connectivity index is 1.78. The van der Waals surface area contributed by atoms with Crippen molar-refractivity contribution in [2.75, 3.05) is 37.6 Å². The van der Waals surface area contributed by atoms with Crippen LogP contribution >= 0.6 is 11.6 Å². The zero-order valence-corrected chi connectivity index (χ0v) is 12.6. The van der Waals surface area contributed by atoms with Crippen LogP contribution in [0.1, 0.15) is 13.8 Å². The molecule has 0 atom stereocenters. The second kappa shape index (κ2) is 5.54. The zero-order valence-electron chi connectivity index (χ0n) is 11.8. The quantitative estimate of drug-likeness (QED) is 0.875. The fourth-order valence-corrected chi connectivity index (χ4v) is 2.84. The van der Waals surface area contributed by atoms with Crippen LogP contribution in [0.25, 0.3) is 11.2 Å². The Morgan fingerprint density at radius 2 is 2.00 bits per heavy atom. The van der Waals surface area contributed by atoms with Crippen molar-refractivity contribution in [1.82, 2.24) is 24.8 Å². The zero-order chi connectivity index (χ0) is 14.1. The first kappa shape index (κ1) is 13.6. The maximum atomic E-state index is 5.98. The molecule has 0 unspecified atom stereocenters. The van der Waals surface area contributed by atoms with Gasteiger partial charge in [-0.25, -0.2) is 4.98 Å². The molecule has 1 aliphatic rings. The summed E-state index contributed by atoms with van der Waals surface area (Å²) >= 11 is 5.98. The number of piperazine rings is 1. The minimum atomic E-state index is 0.254. The van der Waals surface area contributed by atoms with Crippen LogP contribution < -0.4 is 4.90 Å². The van der Waals surface area contributed by atoms with Crippen molar-refractivity contribution in [3.8, 4) is 0 Å². The molecule has 0 saturated carbocycles. The SMILES string of the molecule is CC(C)CN1CCN(c2nc(Cl)nc3nc[nH]c23)CC1. The fourth-order valence-electron chi connectivity index (χ4n) is 2.68. The maximum absolute atomic E-state index is 5.98. The molecule has 20 heavy (non-hydrogen) atoms. The van der Waals surface area contributed by atoms with Crippen LogP contribution in [0.4, 0.5) is 5.82 Å². The lowest BCUT2D eigenvalue weighted by Gasteiger charge is -2.36. The van der Waals surface area contributed by atoms with E-state index in [0.29, 0.717) is 11.6 Å². The number of hydrogen-bond donors (Lipinski definition) is 1. The number of H-pyrrole nitrogens is 1. The molecule has 108 valence electrons. The highest BCUT2D eigenvalue weighted by atomic mass is 35.5. The van der Waals surface area contributed by atoms with Gasteiger partial charge in [-0.15, -0.1) is 0 Å². The lowest BCUT2D eigenvalue weighted by Crippen LogP contribution is -2.47. The number of nitrogens with one attached hydrogen (secondary N) is 1. The van der Waals surface area contributed by atoms with Gasteiger partial charge in [-0.2, -0.15) is 9.97 Å². The molecule has 3 rings (SSSR count). The third-order valence-corrected chi connectivity index (χ3v) is 3.70. The van der Waals surface area contributed by atoms with Gasteiger partial charge in [-0.1, -0.05) is 13.8 Å². The van der Waals surface area contributed by atoms with Gasteiger partial charge in [0.25, 0.3) is 0 Å². The third kappa shape index (κ3) is 2.71. The molecule has 1 fully saturated rings. The summed E-state index contributed by atoms with van der Waals surface area (Å²) in [7, 11) is 0. The van der Waals surface area contributed by atoms with Crippen LogP contribution in [-0.2, 0) is 0 Å². The van der Waals surface area contributed by atoms with Gasteiger partial charge in [0.15, 0.2) is 11.5 Å². The Bertz CT molecular complexity index is 588. The van der Waals surface area contributed by atoms with Crippen LogP contribution in [0.15, 0.2) is 6.33 Å². The van der Waals surface area contributed by atoms with Crippen LogP contribution in [0.5, 0.6) is 0 Å². The summed E-state index contributed by atoms with van der Waals surface area (Å²) < 4.78 is 0. The predicted octanol–water partition coefficient (Wildman–Crippen LogP) is 1.78. The Hall–Kier alpha value is -1.40. The van der Waals surface area contributed by atoms with Crippen LogP contribution in [0.3, 0.4) is 0 Å². The molecule has 2 aromatic rings. The van der Waals surface area contributed by atoms with E-state index in [9.17, 15) is 0 Å². The van der Waals surface area contributed by atoms with Crippen LogP contribution in [0, 0.1) is 5.92 Å². The number of aromatic nitrogens is 4. The highest BCUT2D eigenvalue weighted by molar-refractivity contribution is 6.28. The molecule has 0 bridgehead atoms. The van der Waals surface area contributed by atoms with E-state index < -0.39 is 0 Å². The van der Waals surface area contributed by atoms with Crippen molar-refractivity contribution in [2.24, 2.45) is 5.92 Å². The van der Waals surface area contributed by atoms with E-state index in [1.54, 1.807) is 6.33 Å². The van der Waals surface area contributed by atoms with Crippen molar-refractivity contribution >= 4 is 28.6 Å². The van der Waals surface area contributed by atoms with E-state index in [1.165, 1.54) is 0 Å². The number of hydrogen-bond acceptors (Lipinski definition) is 5. The number of rotatable bonds is 3. The van der Waals surface area contributed by atoms with Crippen molar-refractivity contribution < 1.29 is 0 Å². The van der Waals surface area contributed by atoms with E-state index in [0.717, 1.165) is 44.1 Å².